The summed E-state index contributed by atoms with van der Waals surface area (Å²) in [5.74, 6) is -1.31. The Morgan fingerprint density at radius 1 is 1.35 bits per heavy atom. The van der Waals surface area contributed by atoms with Crippen molar-refractivity contribution >= 4 is 5.97 Å². The third kappa shape index (κ3) is 7.25. The van der Waals surface area contributed by atoms with Crippen LogP contribution < -0.4 is 0 Å². The summed E-state index contributed by atoms with van der Waals surface area (Å²) in [6.07, 6.45) is 0.746. The monoisotopic (exact) mass is 291 g/mol. The van der Waals surface area contributed by atoms with Gasteiger partial charge in [0.25, 0.3) is 0 Å². The van der Waals surface area contributed by atoms with E-state index in [0.717, 1.165) is 6.54 Å². The van der Waals surface area contributed by atoms with Gasteiger partial charge in [-0.15, -0.1) is 0 Å². The first kappa shape index (κ1) is 19.4. The third-order valence-electron chi connectivity index (χ3n) is 3.48. The van der Waals surface area contributed by atoms with E-state index >= 15 is 0 Å². The predicted molar refractivity (Wildman–Crippen MR) is 85.2 cm³/mol. The summed E-state index contributed by atoms with van der Waals surface area (Å²) in [6.45, 7) is 13.6. The van der Waals surface area contributed by atoms with Crippen molar-refractivity contribution in [3.05, 3.63) is 0 Å². The highest BCUT2D eigenvalue weighted by Gasteiger charge is 2.32. The van der Waals surface area contributed by atoms with Gasteiger partial charge in [-0.2, -0.15) is 0 Å². The van der Waals surface area contributed by atoms with Crippen molar-refractivity contribution in [1.29, 1.82) is 0 Å². The predicted octanol–water partition coefficient (Wildman–Crippen LogP) is 3.65. The first-order valence-corrected chi connectivity index (χ1v) is 7.30. The van der Waals surface area contributed by atoms with Gasteiger partial charge in [-0.3, -0.25) is 9.69 Å². The van der Waals surface area contributed by atoms with E-state index in [9.17, 15) is 4.79 Å². The topological polar surface area (TPSA) is 49.8 Å². The van der Waals surface area contributed by atoms with Crippen LogP contribution in [0.25, 0.3) is 0 Å². The van der Waals surface area contributed by atoms with E-state index in [0.29, 0.717) is 24.9 Å². The highest BCUT2D eigenvalue weighted by atomic mass is 16.5. The number of carboxylic acids is 1. The van der Waals surface area contributed by atoms with Crippen molar-refractivity contribution in [2.45, 2.75) is 80.0 Å². The van der Waals surface area contributed by atoms with E-state index in [1.54, 1.807) is 0 Å². The minimum atomic E-state index is -0.841. The van der Waals surface area contributed by atoms with Gasteiger partial charge in [0.15, 0.2) is 0 Å². The smallest absolute Gasteiger partial charge is 0.309 e. The lowest BCUT2D eigenvalue weighted by molar-refractivity contribution is -0.143. The van der Waals surface area contributed by atoms with E-state index < -0.39 is 18.5 Å². The molecule has 0 aromatic rings. The summed E-state index contributed by atoms with van der Waals surface area (Å²) in [6, 6.07) is 1.38. The van der Waals surface area contributed by atoms with Gasteiger partial charge >= 0.3 is 5.97 Å². The van der Waals surface area contributed by atoms with Gasteiger partial charge in [-0.05, 0) is 47.1 Å². The van der Waals surface area contributed by atoms with E-state index in [-0.39, 0.29) is 13.5 Å². The molecule has 0 radical (unpaired) electrons. The first-order valence-electron chi connectivity index (χ1n) is 7.88. The average Bonchev–Trinajstić information content (AvgIpc) is 2.71. The second-order valence-electron chi connectivity index (χ2n) is 5.45. The second kappa shape index (κ2) is 11.1. The average molecular weight is 291 g/mol. The van der Waals surface area contributed by atoms with Crippen molar-refractivity contribution in [2.75, 3.05) is 13.1 Å². The molecule has 0 bridgehead atoms. The van der Waals surface area contributed by atoms with E-state index in [1.807, 2.05) is 6.92 Å². The van der Waals surface area contributed by atoms with Gasteiger partial charge in [0.2, 0.25) is 0 Å². The Bertz CT molecular complexity index is 277. The molecule has 0 saturated carbocycles. The minimum Gasteiger partial charge on any atom is -0.481 e. The molecule has 1 heterocycles. The van der Waals surface area contributed by atoms with Gasteiger partial charge in [-0.25, -0.2) is 0 Å². The van der Waals surface area contributed by atoms with E-state index in [1.165, 1.54) is 0 Å². The van der Waals surface area contributed by atoms with Crippen LogP contribution in [0.3, 0.4) is 0 Å². The molecular weight excluding hydrogens is 254 g/mol. The SMILES string of the molecule is C.CCN(C(C)C)C(C)C.[3H][C@H]1CC(C(=O)O)[C@@H](CC)O1. The van der Waals surface area contributed by atoms with Gasteiger partial charge in [0.1, 0.15) is 0 Å². The van der Waals surface area contributed by atoms with Gasteiger partial charge in [0, 0.05) is 18.7 Å². The fourth-order valence-electron chi connectivity index (χ4n) is 2.50. The molecule has 4 nitrogen and oxygen atoms in total. The Labute approximate surface area is 126 Å². The van der Waals surface area contributed by atoms with Crippen molar-refractivity contribution in [3.8, 4) is 0 Å². The molecule has 4 heteroatoms. The molecule has 1 unspecified atom stereocenters. The van der Waals surface area contributed by atoms with Crippen molar-refractivity contribution in [3.63, 3.8) is 0 Å². The highest BCUT2D eigenvalue weighted by Crippen LogP contribution is 2.22. The van der Waals surface area contributed by atoms with Crippen LogP contribution in [0, 0.1) is 5.92 Å². The lowest BCUT2D eigenvalue weighted by Gasteiger charge is -2.28. The second-order valence-corrected chi connectivity index (χ2v) is 5.45. The van der Waals surface area contributed by atoms with Crippen LogP contribution in [0.5, 0.6) is 0 Å². The number of hydrogen-bond donors (Lipinski definition) is 1. The van der Waals surface area contributed by atoms with Crippen LogP contribution in [-0.2, 0) is 9.53 Å². The Morgan fingerprint density at radius 3 is 2.05 bits per heavy atom. The molecule has 1 saturated heterocycles. The highest BCUT2D eigenvalue weighted by molar-refractivity contribution is 5.71. The van der Waals surface area contributed by atoms with Gasteiger partial charge in [0.05, 0.1) is 13.4 Å². The largest absolute Gasteiger partial charge is 0.481 e. The molecule has 1 rings (SSSR count). The normalized spacial score (nSPS) is 26.1. The molecule has 0 spiro atoms. The van der Waals surface area contributed by atoms with Crippen molar-refractivity contribution in [1.82, 2.24) is 4.90 Å². The zero-order valence-electron chi connectivity index (χ0n) is 14.2. The number of aliphatic carboxylic acids is 1. The Hall–Kier alpha value is -0.610. The van der Waals surface area contributed by atoms with Crippen molar-refractivity contribution < 1.29 is 16.0 Å². The van der Waals surface area contributed by atoms with Gasteiger partial charge in [-0.1, -0.05) is 21.3 Å². The lowest BCUT2D eigenvalue weighted by atomic mass is 10.0. The molecule has 0 aromatic heterocycles. The summed E-state index contributed by atoms with van der Waals surface area (Å²) in [5, 5.41) is 8.67. The molecule has 0 aliphatic carbocycles. The zero-order chi connectivity index (χ0) is 15.9. The zero-order valence-corrected chi connectivity index (χ0v) is 13.2. The summed E-state index contributed by atoms with van der Waals surface area (Å²) >= 11 is 0. The number of ether oxygens (including phenoxy) is 1. The molecule has 20 heavy (non-hydrogen) atoms. The third-order valence-corrected chi connectivity index (χ3v) is 3.48. The maximum atomic E-state index is 10.6. The molecule has 0 aromatic carbocycles. The maximum Gasteiger partial charge on any atom is 0.309 e. The Morgan fingerprint density at radius 2 is 1.85 bits per heavy atom. The number of hydrogen-bond acceptors (Lipinski definition) is 3. The molecule has 3 atom stereocenters. The Kier molecular flexibility index (Phi) is 10.8. The van der Waals surface area contributed by atoms with Crippen LogP contribution in [0.4, 0.5) is 0 Å². The lowest BCUT2D eigenvalue weighted by Crippen LogP contribution is -2.36. The molecule has 1 fully saturated rings. The molecule has 1 aliphatic rings. The van der Waals surface area contributed by atoms with E-state index in [4.69, 9.17) is 11.2 Å². The van der Waals surface area contributed by atoms with Crippen LogP contribution in [0.15, 0.2) is 0 Å². The van der Waals surface area contributed by atoms with Crippen LogP contribution in [0.2, 0.25) is 0 Å². The molecule has 0 amide bonds. The number of carboxylic acid groups (broad SMARTS) is 1. The minimum absolute atomic E-state index is 0. The standard InChI is InChI=1S/C8H19N.C7H12O3.CH4/c1-6-9(7(2)3)8(4)5;1-2-6-5(7(8)9)3-4-10-6;/h7-8H,6H2,1-5H3;5-6H,2-4H2,1H3,(H,8,9);1H4/t;5?,6-;/m.1./s1/i;4T;/t;4-,5?,6+;/m.0.. The summed E-state index contributed by atoms with van der Waals surface area (Å²) in [4.78, 5) is 13.0. The fraction of sp³-hybridized carbons (Fsp3) is 0.938. The molecule has 1 N–H and O–H groups in total. The quantitative estimate of drug-likeness (QED) is 0.840. The van der Waals surface area contributed by atoms with Crippen LogP contribution in [0.1, 0.15) is 63.2 Å². The summed E-state index contributed by atoms with van der Waals surface area (Å²) in [5.41, 5.74) is 0. The summed E-state index contributed by atoms with van der Waals surface area (Å²) < 4.78 is 12.3. The first-order chi connectivity index (χ1) is 9.24. The molecule has 1 aliphatic heterocycles. The summed E-state index contributed by atoms with van der Waals surface area (Å²) in [7, 11) is 0. The number of nitrogens with zero attached hydrogens (tertiary/aromatic N) is 1. The molecule has 122 valence electrons. The van der Waals surface area contributed by atoms with Crippen LogP contribution >= 0.6 is 0 Å². The molecular formula is C16H35NO3. The van der Waals surface area contributed by atoms with Gasteiger partial charge < -0.3 is 9.84 Å². The van der Waals surface area contributed by atoms with Crippen LogP contribution in [-0.4, -0.2) is 47.3 Å². The number of carbonyl (C=O) groups is 1. The number of rotatable bonds is 5. The van der Waals surface area contributed by atoms with Crippen molar-refractivity contribution in [2.24, 2.45) is 5.92 Å². The maximum absolute atomic E-state index is 10.6. The Balaban J connectivity index is 0. The van der Waals surface area contributed by atoms with E-state index in [2.05, 4.69) is 39.5 Å². The fourth-order valence-corrected chi connectivity index (χ4v) is 2.50.